The van der Waals surface area contributed by atoms with E-state index in [0.717, 1.165) is 31.2 Å². The molecule has 0 fully saturated rings. The Morgan fingerprint density at radius 1 is 1.29 bits per heavy atom. The second-order valence-corrected chi connectivity index (χ2v) is 5.15. The molecule has 1 aromatic carbocycles. The molecule has 0 aliphatic heterocycles. The summed E-state index contributed by atoms with van der Waals surface area (Å²) in [6.45, 7) is 4.62. The van der Waals surface area contributed by atoms with Gasteiger partial charge in [0.2, 0.25) is 5.91 Å². The van der Waals surface area contributed by atoms with Gasteiger partial charge in [-0.25, -0.2) is 4.79 Å². The Kier molecular flexibility index (Phi) is 7.29. The van der Waals surface area contributed by atoms with Crippen molar-refractivity contribution in [1.82, 2.24) is 5.32 Å². The first-order valence-corrected chi connectivity index (χ1v) is 7.49. The third-order valence-electron chi connectivity index (χ3n) is 3.43. The summed E-state index contributed by atoms with van der Waals surface area (Å²) in [4.78, 5) is 22.9. The van der Waals surface area contributed by atoms with Gasteiger partial charge in [0.25, 0.3) is 0 Å². The minimum absolute atomic E-state index is 0.0804. The molecule has 0 heterocycles. The van der Waals surface area contributed by atoms with Gasteiger partial charge in [0, 0.05) is 18.2 Å². The first-order chi connectivity index (χ1) is 10.1. The molecule has 5 nitrogen and oxygen atoms in total. The second-order valence-electron chi connectivity index (χ2n) is 5.15. The molecular formula is C16H25N3O2. The van der Waals surface area contributed by atoms with E-state index < -0.39 is 6.03 Å². The van der Waals surface area contributed by atoms with Gasteiger partial charge in [-0.3, -0.25) is 4.79 Å². The highest BCUT2D eigenvalue weighted by atomic mass is 16.2. The number of carbonyl (C=O) groups is 2. The van der Waals surface area contributed by atoms with Crippen LogP contribution in [0, 0.1) is 5.92 Å². The number of primary amides is 1. The summed E-state index contributed by atoms with van der Waals surface area (Å²) in [6.07, 6.45) is 3.96. The van der Waals surface area contributed by atoms with Crippen LogP contribution in [0.25, 0.3) is 0 Å². The molecule has 0 aliphatic rings. The predicted molar refractivity (Wildman–Crippen MR) is 84.8 cm³/mol. The van der Waals surface area contributed by atoms with E-state index in [1.54, 1.807) is 12.1 Å². The van der Waals surface area contributed by atoms with Crippen molar-refractivity contribution in [3.05, 3.63) is 29.8 Å². The maximum Gasteiger partial charge on any atom is 0.316 e. The lowest BCUT2D eigenvalue weighted by Crippen LogP contribution is -2.30. The molecule has 1 aromatic rings. The van der Waals surface area contributed by atoms with E-state index in [-0.39, 0.29) is 11.8 Å². The van der Waals surface area contributed by atoms with E-state index in [1.807, 2.05) is 19.1 Å². The molecule has 21 heavy (non-hydrogen) atoms. The van der Waals surface area contributed by atoms with Crippen molar-refractivity contribution in [3.63, 3.8) is 0 Å². The van der Waals surface area contributed by atoms with Crippen LogP contribution in [-0.2, 0) is 11.3 Å². The van der Waals surface area contributed by atoms with Gasteiger partial charge in [0.15, 0.2) is 0 Å². The molecule has 0 radical (unpaired) electrons. The zero-order valence-electron chi connectivity index (χ0n) is 12.8. The summed E-state index contributed by atoms with van der Waals surface area (Å²) in [6, 6.07) is 6.69. The quantitative estimate of drug-likeness (QED) is 0.688. The summed E-state index contributed by atoms with van der Waals surface area (Å²) >= 11 is 0. The number of hydrogen-bond acceptors (Lipinski definition) is 2. The molecule has 116 valence electrons. The van der Waals surface area contributed by atoms with Crippen LogP contribution in [0.2, 0.25) is 0 Å². The van der Waals surface area contributed by atoms with Crippen LogP contribution in [0.15, 0.2) is 24.3 Å². The highest BCUT2D eigenvalue weighted by Gasteiger charge is 2.15. The number of hydrogen-bond donors (Lipinski definition) is 3. The molecule has 1 unspecified atom stereocenters. The van der Waals surface area contributed by atoms with Crippen molar-refractivity contribution in [3.8, 4) is 0 Å². The van der Waals surface area contributed by atoms with E-state index in [0.29, 0.717) is 12.2 Å². The average molecular weight is 291 g/mol. The third kappa shape index (κ3) is 6.29. The number of anilines is 1. The minimum Gasteiger partial charge on any atom is -0.352 e. The molecule has 4 N–H and O–H groups in total. The van der Waals surface area contributed by atoms with Gasteiger partial charge < -0.3 is 16.4 Å². The van der Waals surface area contributed by atoms with Gasteiger partial charge in [-0.2, -0.15) is 0 Å². The van der Waals surface area contributed by atoms with Crippen LogP contribution >= 0.6 is 0 Å². The predicted octanol–water partition coefficient (Wildman–Crippen LogP) is 3.01. The van der Waals surface area contributed by atoms with Crippen LogP contribution in [0.1, 0.15) is 45.1 Å². The first kappa shape index (κ1) is 17.0. The van der Waals surface area contributed by atoms with Crippen LogP contribution in [0.4, 0.5) is 10.5 Å². The lowest BCUT2D eigenvalue weighted by Gasteiger charge is -2.15. The summed E-state index contributed by atoms with van der Waals surface area (Å²) in [5, 5.41) is 5.48. The molecule has 1 atom stereocenters. The van der Waals surface area contributed by atoms with Crippen LogP contribution in [0.5, 0.6) is 0 Å². The monoisotopic (exact) mass is 291 g/mol. The molecule has 0 aromatic heterocycles. The van der Waals surface area contributed by atoms with Gasteiger partial charge in [0.05, 0.1) is 0 Å². The molecule has 5 heteroatoms. The van der Waals surface area contributed by atoms with E-state index in [9.17, 15) is 9.59 Å². The van der Waals surface area contributed by atoms with Crippen molar-refractivity contribution in [2.24, 2.45) is 11.7 Å². The number of rotatable bonds is 8. The van der Waals surface area contributed by atoms with Crippen molar-refractivity contribution in [1.29, 1.82) is 0 Å². The van der Waals surface area contributed by atoms with Gasteiger partial charge in [0.1, 0.15) is 0 Å². The molecule has 0 saturated carbocycles. The Labute approximate surface area is 126 Å². The summed E-state index contributed by atoms with van der Waals surface area (Å²) in [5.41, 5.74) is 6.64. The van der Waals surface area contributed by atoms with E-state index in [4.69, 9.17) is 5.73 Å². The van der Waals surface area contributed by atoms with Crippen LogP contribution in [-0.4, -0.2) is 11.9 Å². The van der Waals surface area contributed by atoms with Crippen LogP contribution in [0.3, 0.4) is 0 Å². The second kappa shape index (κ2) is 9.00. The summed E-state index contributed by atoms with van der Waals surface area (Å²) < 4.78 is 0. The van der Waals surface area contributed by atoms with E-state index >= 15 is 0 Å². The van der Waals surface area contributed by atoms with Crippen molar-refractivity contribution in [2.45, 2.75) is 46.1 Å². The lowest BCUT2D eigenvalue weighted by atomic mass is 9.98. The normalized spacial score (nSPS) is 11.7. The number of benzene rings is 1. The Bertz CT molecular complexity index is 474. The number of unbranched alkanes of at least 4 members (excludes halogenated alkanes) is 1. The number of nitrogens with one attached hydrogen (secondary N) is 2. The Hall–Kier alpha value is -2.04. The Balaban J connectivity index is 2.53. The van der Waals surface area contributed by atoms with Gasteiger partial charge in [-0.1, -0.05) is 38.8 Å². The van der Waals surface area contributed by atoms with Crippen molar-refractivity contribution >= 4 is 17.6 Å². The van der Waals surface area contributed by atoms with Crippen molar-refractivity contribution in [2.75, 3.05) is 5.32 Å². The Morgan fingerprint density at radius 2 is 2.05 bits per heavy atom. The molecule has 0 spiro atoms. The van der Waals surface area contributed by atoms with Crippen molar-refractivity contribution < 1.29 is 9.59 Å². The number of amides is 3. The number of urea groups is 1. The standard InChI is InChI=1S/C16H25N3O2/c1-3-5-8-13(4-2)15(20)18-11-12-7-6-9-14(10-12)19-16(17)21/h6-7,9-10,13H,3-5,8,11H2,1-2H3,(H,18,20)(H3,17,19,21). The molecule has 0 aliphatic carbocycles. The largest absolute Gasteiger partial charge is 0.352 e. The summed E-state index contributed by atoms with van der Waals surface area (Å²) in [5.74, 6) is 0.177. The minimum atomic E-state index is -0.596. The zero-order chi connectivity index (χ0) is 15.7. The van der Waals surface area contributed by atoms with E-state index in [2.05, 4.69) is 17.6 Å². The fraction of sp³-hybridized carbons (Fsp3) is 0.500. The SMILES string of the molecule is CCCCC(CC)C(=O)NCc1cccc(NC(N)=O)c1. The molecular weight excluding hydrogens is 266 g/mol. The zero-order valence-corrected chi connectivity index (χ0v) is 12.8. The molecule has 3 amide bonds. The van der Waals surface area contributed by atoms with Gasteiger partial charge in [-0.05, 0) is 30.5 Å². The van der Waals surface area contributed by atoms with E-state index in [1.165, 1.54) is 0 Å². The topological polar surface area (TPSA) is 84.2 Å². The molecule has 0 bridgehead atoms. The highest BCUT2D eigenvalue weighted by Crippen LogP contribution is 2.14. The molecule has 1 rings (SSSR count). The first-order valence-electron chi connectivity index (χ1n) is 7.49. The maximum absolute atomic E-state index is 12.1. The highest BCUT2D eigenvalue weighted by molar-refractivity contribution is 5.87. The fourth-order valence-corrected chi connectivity index (χ4v) is 2.21. The van der Waals surface area contributed by atoms with Crippen LogP contribution < -0.4 is 16.4 Å². The lowest BCUT2D eigenvalue weighted by molar-refractivity contribution is -0.125. The van der Waals surface area contributed by atoms with Gasteiger partial charge >= 0.3 is 6.03 Å². The maximum atomic E-state index is 12.1. The number of nitrogens with two attached hydrogens (primary N) is 1. The van der Waals surface area contributed by atoms with Gasteiger partial charge in [-0.15, -0.1) is 0 Å². The fourth-order valence-electron chi connectivity index (χ4n) is 2.21. The number of carbonyl (C=O) groups excluding carboxylic acids is 2. The molecule has 0 saturated heterocycles. The average Bonchev–Trinajstić information content (AvgIpc) is 2.45. The smallest absolute Gasteiger partial charge is 0.316 e. The summed E-state index contributed by atoms with van der Waals surface area (Å²) in [7, 11) is 0. The Morgan fingerprint density at radius 3 is 2.67 bits per heavy atom. The third-order valence-corrected chi connectivity index (χ3v) is 3.43.